The number of carboxylic acid groups (broad SMARTS) is 1. The zero-order chi connectivity index (χ0) is 13.6. The minimum Gasteiger partial charge on any atom is -0.481 e. The van der Waals surface area contributed by atoms with Gasteiger partial charge in [-0.1, -0.05) is 25.7 Å². The summed E-state index contributed by atoms with van der Waals surface area (Å²) in [5.41, 5.74) is -0.979. The standard InChI is InChI=1S/C11H21NO5S/c13-10(14)5-8-18(16,17)12-9-11(15)6-3-1-2-4-7-11/h12,15H,1-9H2,(H,13,14). The first-order valence-electron chi connectivity index (χ1n) is 6.25. The molecule has 0 aromatic heterocycles. The zero-order valence-corrected chi connectivity index (χ0v) is 11.2. The fraction of sp³-hybridized carbons (Fsp3) is 0.909. The van der Waals surface area contributed by atoms with E-state index in [0.717, 1.165) is 25.7 Å². The van der Waals surface area contributed by atoms with Crippen LogP contribution in [0.1, 0.15) is 44.9 Å². The van der Waals surface area contributed by atoms with Gasteiger partial charge in [0.05, 0.1) is 17.8 Å². The SMILES string of the molecule is O=C(O)CCS(=O)(=O)NCC1(O)CCCCCC1. The molecule has 1 aliphatic carbocycles. The summed E-state index contributed by atoms with van der Waals surface area (Å²) in [4.78, 5) is 10.3. The van der Waals surface area contributed by atoms with Crippen molar-refractivity contribution in [1.82, 2.24) is 4.72 Å². The molecule has 0 heterocycles. The van der Waals surface area contributed by atoms with E-state index in [1.54, 1.807) is 0 Å². The maximum atomic E-state index is 11.5. The summed E-state index contributed by atoms with van der Waals surface area (Å²) in [6, 6.07) is 0. The van der Waals surface area contributed by atoms with Crippen LogP contribution in [0.2, 0.25) is 0 Å². The number of nitrogens with one attached hydrogen (secondary N) is 1. The maximum Gasteiger partial charge on any atom is 0.304 e. The Morgan fingerprint density at radius 1 is 1.17 bits per heavy atom. The van der Waals surface area contributed by atoms with Crippen LogP contribution in [0.15, 0.2) is 0 Å². The van der Waals surface area contributed by atoms with Crippen molar-refractivity contribution < 1.29 is 23.4 Å². The van der Waals surface area contributed by atoms with Crippen LogP contribution in [-0.2, 0) is 14.8 Å². The third kappa shape index (κ3) is 5.79. The monoisotopic (exact) mass is 279 g/mol. The van der Waals surface area contributed by atoms with Crippen LogP contribution in [-0.4, -0.2) is 42.5 Å². The Bertz CT molecular complexity index is 371. The summed E-state index contributed by atoms with van der Waals surface area (Å²) in [6.07, 6.45) is 4.68. The molecule has 0 saturated heterocycles. The van der Waals surface area contributed by atoms with Gasteiger partial charge in [0, 0.05) is 6.54 Å². The van der Waals surface area contributed by atoms with Gasteiger partial charge in [-0.15, -0.1) is 0 Å². The fourth-order valence-corrected chi connectivity index (χ4v) is 3.18. The molecule has 0 aromatic rings. The van der Waals surface area contributed by atoms with Crippen molar-refractivity contribution in [3.05, 3.63) is 0 Å². The van der Waals surface area contributed by atoms with E-state index < -0.39 is 33.8 Å². The van der Waals surface area contributed by atoms with E-state index in [4.69, 9.17) is 5.11 Å². The van der Waals surface area contributed by atoms with Crippen molar-refractivity contribution in [2.75, 3.05) is 12.3 Å². The first-order valence-corrected chi connectivity index (χ1v) is 7.90. The van der Waals surface area contributed by atoms with Crippen LogP contribution in [0.4, 0.5) is 0 Å². The number of carboxylic acids is 1. The molecule has 0 bridgehead atoms. The predicted octanol–water partition coefficient (Wildman–Crippen LogP) is 0.466. The van der Waals surface area contributed by atoms with Gasteiger partial charge in [-0.05, 0) is 12.8 Å². The van der Waals surface area contributed by atoms with E-state index >= 15 is 0 Å². The molecule has 1 fully saturated rings. The minimum absolute atomic E-state index is 0.0189. The second-order valence-corrected chi connectivity index (χ2v) is 6.85. The van der Waals surface area contributed by atoms with Gasteiger partial charge in [-0.2, -0.15) is 0 Å². The van der Waals surface area contributed by atoms with E-state index in [9.17, 15) is 18.3 Å². The molecule has 6 nitrogen and oxygen atoms in total. The quantitative estimate of drug-likeness (QED) is 0.613. The number of aliphatic hydroxyl groups is 1. The van der Waals surface area contributed by atoms with E-state index in [1.165, 1.54) is 0 Å². The Labute approximate surface area is 107 Å². The van der Waals surface area contributed by atoms with E-state index in [0.29, 0.717) is 12.8 Å². The summed E-state index contributed by atoms with van der Waals surface area (Å²) >= 11 is 0. The molecule has 106 valence electrons. The Balaban J connectivity index is 2.44. The summed E-state index contributed by atoms with van der Waals surface area (Å²) in [7, 11) is -3.62. The molecular weight excluding hydrogens is 258 g/mol. The molecule has 1 saturated carbocycles. The van der Waals surface area contributed by atoms with Crippen LogP contribution in [0.25, 0.3) is 0 Å². The summed E-state index contributed by atoms with van der Waals surface area (Å²) < 4.78 is 25.4. The number of carbonyl (C=O) groups is 1. The first kappa shape index (κ1) is 15.4. The molecular formula is C11H21NO5S. The van der Waals surface area contributed by atoms with Crippen molar-refractivity contribution in [1.29, 1.82) is 0 Å². The zero-order valence-electron chi connectivity index (χ0n) is 10.4. The van der Waals surface area contributed by atoms with Gasteiger partial charge in [-0.25, -0.2) is 13.1 Å². The fourth-order valence-electron chi connectivity index (χ4n) is 2.10. The molecule has 0 unspecified atom stereocenters. The predicted molar refractivity (Wildman–Crippen MR) is 66.7 cm³/mol. The van der Waals surface area contributed by atoms with Gasteiger partial charge in [0.15, 0.2) is 0 Å². The van der Waals surface area contributed by atoms with Gasteiger partial charge in [0.2, 0.25) is 10.0 Å². The highest BCUT2D eigenvalue weighted by Crippen LogP contribution is 2.26. The van der Waals surface area contributed by atoms with Crippen LogP contribution in [0.3, 0.4) is 0 Å². The Morgan fingerprint density at radius 2 is 1.72 bits per heavy atom. The summed E-state index contributed by atoms with van der Waals surface area (Å²) in [5.74, 6) is -1.59. The minimum atomic E-state index is -3.62. The van der Waals surface area contributed by atoms with Crippen molar-refractivity contribution in [2.45, 2.75) is 50.5 Å². The lowest BCUT2D eigenvalue weighted by molar-refractivity contribution is -0.136. The highest BCUT2D eigenvalue weighted by atomic mass is 32.2. The Hall–Kier alpha value is -0.660. The van der Waals surface area contributed by atoms with Gasteiger partial charge in [-0.3, -0.25) is 4.79 Å². The molecule has 3 N–H and O–H groups in total. The molecule has 1 rings (SSSR count). The average molecular weight is 279 g/mol. The summed E-state index contributed by atoms with van der Waals surface area (Å²) in [6.45, 7) is -0.0189. The van der Waals surface area contributed by atoms with Gasteiger partial charge in [0.1, 0.15) is 0 Å². The number of sulfonamides is 1. The second-order valence-electron chi connectivity index (χ2n) is 4.92. The smallest absolute Gasteiger partial charge is 0.304 e. The lowest BCUT2D eigenvalue weighted by Crippen LogP contribution is -2.43. The molecule has 0 atom stereocenters. The molecule has 0 spiro atoms. The number of aliphatic carboxylic acids is 1. The number of hydrogen-bond acceptors (Lipinski definition) is 4. The third-order valence-corrected chi connectivity index (χ3v) is 4.57. The molecule has 18 heavy (non-hydrogen) atoms. The molecule has 0 radical (unpaired) electrons. The molecule has 0 aliphatic heterocycles. The van der Waals surface area contributed by atoms with E-state index in [2.05, 4.69) is 4.72 Å². The van der Waals surface area contributed by atoms with Gasteiger partial charge in [0.25, 0.3) is 0 Å². The first-order chi connectivity index (χ1) is 8.33. The lowest BCUT2D eigenvalue weighted by Gasteiger charge is -2.26. The van der Waals surface area contributed by atoms with Crippen LogP contribution >= 0.6 is 0 Å². The Kier molecular flexibility index (Phi) is 5.55. The maximum absolute atomic E-state index is 11.5. The van der Waals surface area contributed by atoms with Gasteiger partial charge < -0.3 is 10.2 Å². The van der Waals surface area contributed by atoms with Crippen molar-refractivity contribution in [3.8, 4) is 0 Å². The highest BCUT2D eigenvalue weighted by molar-refractivity contribution is 7.89. The van der Waals surface area contributed by atoms with E-state index in [1.807, 2.05) is 0 Å². The lowest BCUT2D eigenvalue weighted by atomic mass is 9.95. The summed E-state index contributed by atoms with van der Waals surface area (Å²) in [5, 5.41) is 18.7. The van der Waals surface area contributed by atoms with Crippen molar-refractivity contribution >= 4 is 16.0 Å². The molecule has 0 aromatic carbocycles. The van der Waals surface area contributed by atoms with Crippen LogP contribution in [0, 0.1) is 0 Å². The third-order valence-electron chi connectivity index (χ3n) is 3.24. The van der Waals surface area contributed by atoms with Crippen molar-refractivity contribution in [3.63, 3.8) is 0 Å². The Morgan fingerprint density at radius 3 is 2.22 bits per heavy atom. The number of rotatable bonds is 6. The van der Waals surface area contributed by atoms with Crippen LogP contribution in [0.5, 0.6) is 0 Å². The van der Waals surface area contributed by atoms with E-state index in [-0.39, 0.29) is 6.54 Å². The van der Waals surface area contributed by atoms with Gasteiger partial charge >= 0.3 is 5.97 Å². The largest absolute Gasteiger partial charge is 0.481 e. The highest BCUT2D eigenvalue weighted by Gasteiger charge is 2.29. The average Bonchev–Trinajstić information content (AvgIpc) is 2.50. The van der Waals surface area contributed by atoms with Crippen LogP contribution < -0.4 is 4.72 Å². The van der Waals surface area contributed by atoms with Crippen molar-refractivity contribution in [2.24, 2.45) is 0 Å². The number of hydrogen-bond donors (Lipinski definition) is 3. The topological polar surface area (TPSA) is 104 Å². The second kappa shape index (κ2) is 6.49. The normalized spacial score (nSPS) is 20.3. The molecule has 7 heteroatoms. The molecule has 1 aliphatic rings. The molecule has 0 amide bonds.